The molecule has 1 nitrogen and oxygen atoms in total. The highest BCUT2D eigenvalue weighted by atomic mass is 32.2. The van der Waals surface area contributed by atoms with Crippen molar-refractivity contribution in [3.8, 4) is 0 Å². The van der Waals surface area contributed by atoms with Crippen LogP contribution in [-0.4, -0.2) is 11.8 Å². The molecule has 0 saturated carbocycles. The smallest absolute Gasteiger partial charge is 0.0795 e. The van der Waals surface area contributed by atoms with E-state index in [1.54, 1.807) is 0 Å². The van der Waals surface area contributed by atoms with Crippen molar-refractivity contribution in [3.63, 3.8) is 0 Å². The quantitative estimate of drug-likeness (QED) is 0.759. The molecule has 0 aromatic heterocycles. The number of thioether (sulfide) groups is 1. The van der Waals surface area contributed by atoms with Crippen LogP contribution in [0.15, 0.2) is 18.2 Å². The van der Waals surface area contributed by atoms with Crippen molar-refractivity contribution in [2.45, 2.75) is 31.4 Å². The monoisotopic (exact) mass is 207 g/mol. The number of rotatable bonds is 1. The van der Waals surface area contributed by atoms with Crippen LogP contribution in [-0.2, 0) is 0 Å². The summed E-state index contributed by atoms with van der Waals surface area (Å²) in [5.41, 5.74) is 4.21. The fourth-order valence-corrected chi connectivity index (χ4v) is 3.08. The Morgan fingerprint density at radius 2 is 2.14 bits per heavy atom. The van der Waals surface area contributed by atoms with E-state index < -0.39 is 0 Å². The normalized spacial score (nSPS) is 26.8. The second-order valence-corrected chi connectivity index (χ2v) is 5.64. The maximum absolute atomic E-state index is 3.55. The fourth-order valence-electron chi connectivity index (χ4n) is 1.83. The maximum Gasteiger partial charge on any atom is 0.0795 e. The number of hydrogen-bond donors (Lipinski definition) is 1. The molecular weight excluding hydrogens is 190 g/mol. The lowest BCUT2D eigenvalue weighted by atomic mass is 10.1. The molecule has 2 atom stereocenters. The SMILES string of the molecule is Cc1ccc(C)c(C2NCC(C)S2)c1. The van der Waals surface area contributed by atoms with E-state index in [0.717, 1.165) is 11.8 Å². The molecule has 0 bridgehead atoms. The van der Waals surface area contributed by atoms with Crippen LogP contribution in [0.3, 0.4) is 0 Å². The second-order valence-electron chi connectivity index (χ2n) is 4.10. The van der Waals surface area contributed by atoms with Crippen LogP contribution in [0.2, 0.25) is 0 Å². The molecule has 0 aliphatic carbocycles. The summed E-state index contributed by atoms with van der Waals surface area (Å²) in [7, 11) is 0. The molecule has 76 valence electrons. The van der Waals surface area contributed by atoms with Gasteiger partial charge in [-0.2, -0.15) is 0 Å². The molecule has 1 aliphatic heterocycles. The van der Waals surface area contributed by atoms with Gasteiger partial charge in [-0.3, -0.25) is 0 Å². The van der Waals surface area contributed by atoms with Crippen molar-refractivity contribution >= 4 is 11.8 Å². The van der Waals surface area contributed by atoms with Gasteiger partial charge in [0.15, 0.2) is 0 Å². The minimum Gasteiger partial charge on any atom is -0.301 e. The maximum atomic E-state index is 3.55. The predicted molar refractivity (Wildman–Crippen MR) is 63.7 cm³/mol. The summed E-state index contributed by atoms with van der Waals surface area (Å²) in [6.45, 7) is 7.76. The first-order valence-electron chi connectivity index (χ1n) is 5.13. The zero-order chi connectivity index (χ0) is 10.1. The Morgan fingerprint density at radius 1 is 1.36 bits per heavy atom. The van der Waals surface area contributed by atoms with Crippen LogP contribution in [0.1, 0.15) is 29.0 Å². The number of nitrogens with one attached hydrogen (secondary N) is 1. The van der Waals surface area contributed by atoms with Crippen LogP contribution in [0, 0.1) is 13.8 Å². The van der Waals surface area contributed by atoms with Gasteiger partial charge in [-0.25, -0.2) is 0 Å². The van der Waals surface area contributed by atoms with Gasteiger partial charge in [0.2, 0.25) is 0 Å². The molecule has 1 heterocycles. The molecule has 1 aromatic carbocycles. The molecule has 0 spiro atoms. The number of aryl methyl sites for hydroxylation is 2. The van der Waals surface area contributed by atoms with Gasteiger partial charge in [-0.1, -0.05) is 30.7 Å². The average Bonchev–Trinajstić information content (AvgIpc) is 2.56. The van der Waals surface area contributed by atoms with Crippen molar-refractivity contribution in [3.05, 3.63) is 34.9 Å². The Balaban J connectivity index is 2.27. The lowest BCUT2D eigenvalue weighted by molar-refractivity contribution is 0.714. The molecule has 0 radical (unpaired) electrons. The van der Waals surface area contributed by atoms with E-state index in [0.29, 0.717) is 5.37 Å². The van der Waals surface area contributed by atoms with Crippen LogP contribution >= 0.6 is 11.8 Å². The van der Waals surface area contributed by atoms with Crippen molar-refractivity contribution in [2.24, 2.45) is 0 Å². The summed E-state index contributed by atoms with van der Waals surface area (Å²) in [5, 5.41) is 4.79. The molecule has 1 saturated heterocycles. The zero-order valence-corrected chi connectivity index (χ0v) is 9.82. The lowest BCUT2D eigenvalue weighted by Gasteiger charge is -2.14. The van der Waals surface area contributed by atoms with Crippen molar-refractivity contribution < 1.29 is 0 Å². The highest BCUT2D eigenvalue weighted by molar-refractivity contribution is 8.00. The Labute approximate surface area is 90.3 Å². The molecule has 1 aliphatic rings. The minimum atomic E-state index is 0.505. The van der Waals surface area contributed by atoms with Crippen LogP contribution in [0.25, 0.3) is 0 Å². The highest BCUT2D eigenvalue weighted by Crippen LogP contribution is 2.36. The molecule has 0 amide bonds. The van der Waals surface area contributed by atoms with E-state index in [2.05, 4.69) is 44.3 Å². The topological polar surface area (TPSA) is 12.0 Å². The molecule has 1 N–H and O–H groups in total. The number of hydrogen-bond acceptors (Lipinski definition) is 2. The molecule has 1 fully saturated rings. The van der Waals surface area contributed by atoms with Crippen LogP contribution in [0.4, 0.5) is 0 Å². The van der Waals surface area contributed by atoms with Gasteiger partial charge >= 0.3 is 0 Å². The molecular formula is C12H17NS. The van der Waals surface area contributed by atoms with E-state index >= 15 is 0 Å². The van der Waals surface area contributed by atoms with Gasteiger partial charge in [0.1, 0.15) is 0 Å². The Hall–Kier alpha value is -0.470. The Morgan fingerprint density at radius 3 is 2.79 bits per heavy atom. The van der Waals surface area contributed by atoms with Crippen molar-refractivity contribution in [2.75, 3.05) is 6.54 Å². The van der Waals surface area contributed by atoms with E-state index in [-0.39, 0.29) is 0 Å². The second kappa shape index (κ2) is 3.95. The van der Waals surface area contributed by atoms with E-state index in [4.69, 9.17) is 0 Å². The van der Waals surface area contributed by atoms with Crippen LogP contribution < -0.4 is 5.32 Å². The third-order valence-electron chi connectivity index (χ3n) is 2.68. The summed E-state index contributed by atoms with van der Waals surface area (Å²) in [4.78, 5) is 0. The molecule has 2 heteroatoms. The van der Waals surface area contributed by atoms with Gasteiger partial charge in [0, 0.05) is 11.8 Å². The fraction of sp³-hybridized carbons (Fsp3) is 0.500. The summed E-state index contributed by atoms with van der Waals surface area (Å²) in [6.07, 6.45) is 0. The minimum absolute atomic E-state index is 0.505. The first-order chi connectivity index (χ1) is 6.66. The standard InChI is InChI=1S/C12H17NS/c1-8-4-5-9(2)11(6-8)12-13-7-10(3)14-12/h4-6,10,12-13H,7H2,1-3H3. The van der Waals surface area contributed by atoms with Crippen LogP contribution in [0.5, 0.6) is 0 Å². The van der Waals surface area contributed by atoms with Gasteiger partial charge in [-0.15, -0.1) is 11.8 Å². The predicted octanol–water partition coefficient (Wildman–Crippen LogP) is 3.03. The zero-order valence-electron chi connectivity index (χ0n) is 9.00. The Kier molecular flexibility index (Phi) is 2.84. The highest BCUT2D eigenvalue weighted by Gasteiger charge is 2.23. The molecule has 2 rings (SSSR count). The summed E-state index contributed by atoms with van der Waals surface area (Å²) in [5.74, 6) is 0. The summed E-state index contributed by atoms with van der Waals surface area (Å²) >= 11 is 2.03. The van der Waals surface area contributed by atoms with E-state index in [1.165, 1.54) is 16.7 Å². The summed E-state index contributed by atoms with van der Waals surface area (Å²) < 4.78 is 0. The van der Waals surface area contributed by atoms with Crippen molar-refractivity contribution in [1.29, 1.82) is 0 Å². The van der Waals surface area contributed by atoms with Gasteiger partial charge < -0.3 is 5.32 Å². The lowest BCUT2D eigenvalue weighted by Crippen LogP contribution is -2.14. The van der Waals surface area contributed by atoms with Crippen molar-refractivity contribution in [1.82, 2.24) is 5.32 Å². The molecule has 2 unspecified atom stereocenters. The molecule has 1 aromatic rings. The average molecular weight is 207 g/mol. The van der Waals surface area contributed by atoms with E-state index in [9.17, 15) is 0 Å². The Bertz CT molecular complexity index is 335. The van der Waals surface area contributed by atoms with E-state index in [1.807, 2.05) is 11.8 Å². The third-order valence-corrected chi connectivity index (χ3v) is 4.00. The summed E-state index contributed by atoms with van der Waals surface area (Å²) in [6, 6.07) is 6.70. The van der Waals surface area contributed by atoms with Gasteiger partial charge in [0.05, 0.1) is 5.37 Å². The third kappa shape index (κ3) is 1.96. The first kappa shape index (κ1) is 10.1. The first-order valence-corrected chi connectivity index (χ1v) is 6.07. The van der Waals surface area contributed by atoms with Gasteiger partial charge in [0.25, 0.3) is 0 Å². The number of benzene rings is 1. The largest absolute Gasteiger partial charge is 0.301 e. The molecule has 14 heavy (non-hydrogen) atoms. The van der Waals surface area contributed by atoms with Gasteiger partial charge in [-0.05, 0) is 25.0 Å².